The van der Waals surface area contributed by atoms with Gasteiger partial charge in [-0.2, -0.15) is 5.10 Å². The van der Waals surface area contributed by atoms with Crippen LogP contribution in [-0.2, 0) is 7.05 Å². The van der Waals surface area contributed by atoms with Crippen LogP contribution in [0.1, 0.15) is 35.1 Å². The molecular weight excluding hydrogens is 416 g/mol. The van der Waals surface area contributed by atoms with Gasteiger partial charge in [-0.1, -0.05) is 23.7 Å². The summed E-state index contributed by atoms with van der Waals surface area (Å²) in [4.78, 5) is 37.9. The average Bonchev–Trinajstić information content (AvgIpc) is 3.24. The number of amides is 1. The smallest absolute Gasteiger partial charge is 0.274 e. The zero-order valence-electron chi connectivity index (χ0n) is 17.6. The van der Waals surface area contributed by atoms with Gasteiger partial charge in [-0.25, -0.2) is 14.6 Å². The van der Waals surface area contributed by atoms with Gasteiger partial charge in [0.1, 0.15) is 5.69 Å². The number of halogens is 1. The Morgan fingerprint density at radius 2 is 2.03 bits per heavy atom. The summed E-state index contributed by atoms with van der Waals surface area (Å²) in [6.07, 6.45) is 3.40. The van der Waals surface area contributed by atoms with E-state index >= 15 is 0 Å². The maximum Gasteiger partial charge on any atom is 0.274 e. The quantitative estimate of drug-likeness (QED) is 0.622. The molecule has 1 aromatic carbocycles. The largest absolute Gasteiger partial charge is 0.347 e. The van der Waals surface area contributed by atoms with Crippen LogP contribution in [0.5, 0.6) is 0 Å². The first kappa shape index (κ1) is 21.0. The number of anilines is 1. The van der Waals surface area contributed by atoms with E-state index in [4.69, 9.17) is 16.6 Å². The van der Waals surface area contributed by atoms with Crippen molar-refractivity contribution in [1.29, 1.82) is 0 Å². The number of benzene rings is 1. The van der Waals surface area contributed by atoms with Gasteiger partial charge >= 0.3 is 0 Å². The van der Waals surface area contributed by atoms with Crippen molar-refractivity contribution in [3.63, 3.8) is 0 Å². The minimum atomic E-state index is -0.260. The van der Waals surface area contributed by atoms with E-state index < -0.39 is 0 Å². The van der Waals surface area contributed by atoms with Crippen LogP contribution in [0.4, 0.5) is 5.95 Å². The summed E-state index contributed by atoms with van der Waals surface area (Å²) < 4.78 is 1.17. The average molecular weight is 439 g/mol. The molecule has 1 unspecified atom stereocenters. The molecule has 160 valence electrons. The SMILES string of the molecule is CN(C)c1ncc(-c2cccc(Cl)c2)c(C2CCCN2C(=O)c2ccc(=O)n(C)n2)n1. The Morgan fingerprint density at radius 3 is 2.74 bits per heavy atom. The van der Waals surface area contributed by atoms with E-state index in [0.717, 1.165) is 29.7 Å². The van der Waals surface area contributed by atoms with E-state index in [0.29, 0.717) is 17.5 Å². The van der Waals surface area contributed by atoms with Crippen LogP contribution in [0.15, 0.2) is 47.4 Å². The lowest BCUT2D eigenvalue weighted by molar-refractivity contribution is 0.0724. The predicted octanol–water partition coefficient (Wildman–Crippen LogP) is 2.93. The topological polar surface area (TPSA) is 84.2 Å². The van der Waals surface area contributed by atoms with Crippen LogP contribution < -0.4 is 10.5 Å². The molecule has 1 amide bonds. The van der Waals surface area contributed by atoms with Gasteiger partial charge in [-0.15, -0.1) is 0 Å². The summed E-state index contributed by atoms with van der Waals surface area (Å²) in [7, 11) is 5.29. The standard InChI is InChI=1S/C22H23ClN6O2/c1-27(2)22-24-13-16(14-6-4-7-15(23)12-14)20(25-22)18-8-5-11-29(18)21(31)17-9-10-19(30)28(3)26-17/h4,6-7,9-10,12-13,18H,5,8,11H2,1-3H3. The van der Waals surface area contributed by atoms with Gasteiger partial charge in [0.25, 0.3) is 11.5 Å². The Morgan fingerprint density at radius 1 is 1.23 bits per heavy atom. The van der Waals surface area contributed by atoms with Crippen LogP contribution >= 0.6 is 11.6 Å². The zero-order valence-corrected chi connectivity index (χ0v) is 18.4. The molecule has 0 N–H and O–H groups in total. The molecule has 3 aromatic rings. The summed E-state index contributed by atoms with van der Waals surface area (Å²) in [5, 5.41) is 4.76. The van der Waals surface area contributed by atoms with Gasteiger partial charge in [0.15, 0.2) is 0 Å². The van der Waals surface area contributed by atoms with E-state index in [1.165, 1.54) is 23.9 Å². The molecule has 8 nitrogen and oxygen atoms in total. The van der Waals surface area contributed by atoms with Crippen LogP contribution in [0.3, 0.4) is 0 Å². The van der Waals surface area contributed by atoms with E-state index in [9.17, 15) is 9.59 Å². The zero-order chi connectivity index (χ0) is 22.1. The second-order valence-electron chi connectivity index (χ2n) is 7.71. The number of hydrogen-bond donors (Lipinski definition) is 0. The molecule has 0 bridgehead atoms. The molecule has 1 fully saturated rings. The minimum absolute atomic E-state index is 0.222. The van der Waals surface area contributed by atoms with Gasteiger partial charge in [-0.05, 0) is 36.6 Å². The van der Waals surface area contributed by atoms with Crippen molar-refractivity contribution in [2.45, 2.75) is 18.9 Å². The Hall–Kier alpha value is -3.26. The van der Waals surface area contributed by atoms with Crippen molar-refractivity contribution in [3.8, 4) is 11.1 Å². The lowest BCUT2D eigenvalue weighted by Gasteiger charge is -2.26. The fourth-order valence-corrected chi connectivity index (χ4v) is 3.98. The summed E-state index contributed by atoms with van der Waals surface area (Å²) in [5.41, 5.74) is 2.49. The van der Waals surface area contributed by atoms with Crippen molar-refractivity contribution < 1.29 is 4.79 Å². The molecule has 1 saturated heterocycles. The predicted molar refractivity (Wildman–Crippen MR) is 119 cm³/mol. The van der Waals surface area contributed by atoms with E-state index in [2.05, 4.69) is 10.1 Å². The maximum atomic E-state index is 13.3. The van der Waals surface area contributed by atoms with Crippen LogP contribution in [0, 0.1) is 0 Å². The monoisotopic (exact) mass is 438 g/mol. The number of carbonyl (C=O) groups is 1. The van der Waals surface area contributed by atoms with Crippen molar-refractivity contribution in [2.24, 2.45) is 7.05 Å². The van der Waals surface area contributed by atoms with Crippen LogP contribution in [-0.4, -0.2) is 51.2 Å². The second-order valence-corrected chi connectivity index (χ2v) is 8.15. The van der Waals surface area contributed by atoms with Gasteiger partial charge in [0.05, 0.1) is 11.7 Å². The summed E-state index contributed by atoms with van der Waals surface area (Å²) in [6.45, 7) is 0.588. The van der Waals surface area contributed by atoms with Crippen molar-refractivity contribution in [2.75, 3.05) is 25.5 Å². The highest BCUT2D eigenvalue weighted by Crippen LogP contribution is 2.38. The molecule has 1 aliphatic rings. The Bertz CT molecular complexity index is 1190. The van der Waals surface area contributed by atoms with Gasteiger partial charge in [-0.3, -0.25) is 9.59 Å². The number of aryl methyl sites for hydroxylation is 1. The number of hydrogen-bond acceptors (Lipinski definition) is 6. The van der Waals surface area contributed by atoms with Crippen molar-refractivity contribution >= 4 is 23.5 Å². The molecule has 0 aliphatic carbocycles. The molecule has 9 heteroatoms. The Labute approximate surface area is 185 Å². The fourth-order valence-electron chi connectivity index (χ4n) is 3.79. The van der Waals surface area contributed by atoms with Gasteiger partial charge in [0.2, 0.25) is 5.95 Å². The van der Waals surface area contributed by atoms with Gasteiger partial charge in [0, 0.05) is 50.5 Å². The highest BCUT2D eigenvalue weighted by molar-refractivity contribution is 6.30. The number of rotatable bonds is 4. The lowest BCUT2D eigenvalue weighted by Crippen LogP contribution is -2.34. The molecule has 2 aromatic heterocycles. The third-order valence-corrected chi connectivity index (χ3v) is 5.59. The molecule has 4 rings (SSSR count). The third kappa shape index (κ3) is 4.16. The fraction of sp³-hybridized carbons (Fsp3) is 0.318. The third-order valence-electron chi connectivity index (χ3n) is 5.35. The molecule has 3 heterocycles. The summed E-state index contributed by atoms with van der Waals surface area (Å²) >= 11 is 6.23. The molecular formula is C22H23ClN6O2. The Kier molecular flexibility index (Phi) is 5.73. The summed E-state index contributed by atoms with van der Waals surface area (Å²) in [6, 6.07) is 10.1. The van der Waals surface area contributed by atoms with Crippen LogP contribution in [0.25, 0.3) is 11.1 Å². The minimum Gasteiger partial charge on any atom is -0.347 e. The van der Waals surface area contributed by atoms with Crippen molar-refractivity contribution in [1.82, 2.24) is 24.6 Å². The van der Waals surface area contributed by atoms with E-state index in [-0.39, 0.29) is 23.2 Å². The lowest BCUT2D eigenvalue weighted by atomic mass is 9.99. The number of aromatic nitrogens is 4. The van der Waals surface area contributed by atoms with E-state index in [1.54, 1.807) is 11.1 Å². The number of likely N-dealkylation sites (tertiary alicyclic amines) is 1. The highest BCUT2D eigenvalue weighted by Gasteiger charge is 2.34. The Balaban J connectivity index is 1.79. The van der Waals surface area contributed by atoms with Gasteiger partial charge < -0.3 is 9.80 Å². The summed E-state index contributed by atoms with van der Waals surface area (Å²) in [5.74, 6) is 0.348. The van der Waals surface area contributed by atoms with Crippen molar-refractivity contribution in [3.05, 3.63) is 69.4 Å². The molecule has 0 saturated carbocycles. The first-order valence-corrected chi connectivity index (χ1v) is 10.4. The first-order valence-electron chi connectivity index (χ1n) is 10.0. The van der Waals surface area contributed by atoms with E-state index in [1.807, 2.05) is 43.3 Å². The molecule has 31 heavy (non-hydrogen) atoms. The van der Waals surface area contributed by atoms with Crippen LogP contribution in [0.2, 0.25) is 5.02 Å². The molecule has 0 radical (unpaired) electrons. The molecule has 1 atom stereocenters. The molecule has 1 aliphatic heterocycles. The highest BCUT2D eigenvalue weighted by atomic mass is 35.5. The maximum absolute atomic E-state index is 13.3. The number of carbonyl (C=O) groups excluding carboxylic acids is 1. The second kappa shape index (κ2) is 8.47. The normalized spacial score (nSPS) is 15.9. The molecule has 0 spiro atoms. The first-order chi connectivity index (χ1) is 14.8. The number of nitrogens with zero attached hydrogens (tertiary/aromatic N) is 6.